The number of carbonyl (C=O) groups is 1. The van der Waals surface area contributed by atoms with E-state index in [2.05, 4.69) is 0 Å². The Labute approximate surface area is 138 Å². The van der Waals surface area contributed by atoms with Gasteiger partial charge in [-0.25, -0.2) is 0 Å². The van der Waals surface area contributed by atoms with Gasteiger partial charge in [0.2, 0.25) is 5.54 Å². The van der Waals surface area contributed by atoms with Crippen LogP contribution in [0.5, 0.6) is 5.75 Å². The molecule has 0 aromatic heterocycles. The average molecular weight is 365 g/mol. The molecule has 136 valence electrons. The Balaban J connectivity index is 2.11. The second-order valence-electron chi connectivity index (χ2n) is 5.96. The van der Waals surface area contributed by atoms with E-state index in [1.54, 1.807) is 0 Å². The summed E-state index contributed by atoms with van der Waals surface area (Å²) in [6.45, 7) is 0. The molecule has 1 aromatic carbocycles. The van der Waals surface area contributed by atoms with Crippen LogP contribution in [-0.2, 0) is 0 Å². The second-order valence-corrected chi connectivity index (χ2v) is 5.96. The van der Waals surface area contributed by atoms with Gasteiger partial charge >= 0.3 is 12.4 Å². The monoisotopic (exact) mass is 365 g/mol. The van der Waals surface area contributed by atoms with E-state index >= 15 is 0 Å². The van der Waals surface area contributed by atoms with Gasteiger partial charge in [-0.15, -0.1) is 0 Å². The van der Waals surface area contributed by atoms with Crippen molar-refractivity contribution < 1.29 is 35.9 Å². The van der Waals surface area contributed by atoms with Crippen LogP contribution in [0.1, 0.15) is 16.8 Å². The summed E-state index contributed by atoms with van der Waals surface area (Å²) in [5.74, 6) is -2.83. The molecule has 1 aliphatic heterocycles. The number of alkyl halides is 6. The van der Waals surface area contributed by atoms with Crippen molar-refractivity contribution in [2.24, 2.45) is 5.92 Å². The molecule has 1 saturated heterocycles. The van der Waals surface area contributed by atoms with Gasteiger partial charge in [-0.3, -0.25) is 4.79 Å². The quantitative estimate of drug-likeness (QED) is 0.587. The molecule has 2 atom stereocenters. The van der Waals surface area contributed by atoms with Crippen LogP contribution < -0.4 is 4.74 Å². The highest BCUT2D eigenvalue weighted by Gasteiger charge is 2.81. The maximum absolute atomic E-state index is 13.6. The lowest BCUT2D eigenvalue weighted by atomic mass is 9.83. The minimum absolute atomic E-state index is 0.0561. The zero-order chi connectivity index (χ0) is 18.6. The molecule has 0 unspecified atom stereocenters. The summed E-state index contributed by atoms with van der Waals surface area (Å²) >= 11 is 0. The molecule has 0 spiro atoms. The molecule has 9 heteroatoms. The van der Waals surface area contributed by atoms with Crippen molar-refractivity contribution in [3.8, 4) is 5.75 Å². The normalized spacial score (nSPS) is 24.7. The first-order valence-electron chi connectivity index (χ1n) is 7.33. The van der Waals surface area contributed by atoms with E-state index < -0.39 is 42.2 Å². The van der Waals surface area contributed by atoms with Gasteiger partial charge in [0.1, 0.15) is 5.75 Å². The van der Waals surface area contributed by atoms with Gasteiger partial charge in [-0.2, -0.15) is 26.3 Å². The van der Waals surface area contributed by atoms with Crippen molar-refractivity contribution in [2.75, 3.05) is 7.11 Å². The molecule has 3 rings (SSSR count). The summed E-state index contributed by atoms with van der Waals surface area (Å²) in [7, 11) is 1.35. The van der Waals surface area contributed by atoms with Gasteiger partial charge in [0.25, 0.3) is 5.91 Å². The van der Waals surface area contributed by atoms with Gasteiger partial charge in [-0.05, 0) is 30.7 Å². The Morgan fingerprint density at radius 3 is 2.12 bits per heavy atom. The van der Waals surface area contributed by atoms with Gasteiger partial charge in [0.05, 0.1) is 13.2 Å². The molecule has 2 bridgehead atoms. The minimum Gasteiger partial charge on any atom is -0.497 e. The van der Waals surface area contributed by atoms with Gasteiger partial charge < -0.3 is 9.64 Å². The molecule has 0 radical (unpaired) electrons. The summed E-state index contributed by atoms with van der Waals surface area (Å²) in [6, 6.07) is 3.66. The fourth-order valence-electron chi connectivity index (χ4n) is 3.66. The molecule has 25 heavy (non-hydrogen) atoms. The number of halogens is 6. The third-order valence-electron chi connectivity index (χ3n) is 4.73. The summed E-state index contributed by atoms with van der Waals surface area (Å²) in [6.07, 6.45) is -9.58. The summed E-state index contributed by atoms with van der Waals surface area (Å²) in [4.78, 5) is 12.5. The predicted octanol–water partition coefficient (Wildman–Crippen LogP) is 3.96. The number of hydrogen-bond acceptors (Lipinski definition) is 2. The Bertz CT molecular complexity index is 693. The highest BCUT2D eigenvalue weighted by Crippen LogP contribution is 2.60. The summed E-state index contributed by atoms with van der Waals surface area (Å²) in [5, 5.41) is 0. The second kappa shape index (κ2) is 5.40. The molecule has 3 nitrogen and oxygen atoms in total. The van der Waals surface area contributed by atoms with Crippen LogP contribution in [0, 0.1) is 5.92 Å². The van der Waals surface area contributed by atoms with Gasteiger partial charge in [-0.1, -0.05) is 12.2 Å². The molecule has 1 heterocycles. The van der Waals surface area contributed by atoms with Crippen molar-refractivity contribution in [3.63, 3.8) is 0 Å². The highest BCUT2D eigenvalue weighted by molar-refractivity contribution is 5.96. The third-order valence-corrected chi connectivity index (χ3v) is 4.73. The van der Waals surface area contributed by atoms with Crippen LogP contribution >= 0.6 is 0 Å². The summed E-state index contributed by atoms with van der Waals surface area (Å²) < 4.78 is 86.8. The first kappa shape index (κ1) is 17.6. The van der Waals surface area contributed by atoms with Crippen molar-refractivity contribution in [1.29, 1.82) is 0 Å². The maximum Gasteiger partial charge on any atom is 0.421 e. The zero-order valence-corrected chi connectivity index (χ0v) is 12.9. The van der Waals surface area contributed by atoms with E-state index in [0.29, 0.717) is 5.75 Å². The Kier molecular flexibility index (Phi) is 3.81. The molecule has 0 N–H and O–H groups in total. The van der Waals surface area contributed by atoms with E-state index in [0.717, 1.165) is 18.2 Å². The van der Waals surface area contributed by atoms with Crippen LogP contribution in [-0.4, -0.2) is 41.9 Å². The fraction of sp³-hybridized carbons (Fsp3) is 0.438. The Hall–Kier alpha value is -2.19. The first-order valence-corrected chi connectivity index (χ1v) is 7.33. The number of nitrogens with zero attached hydrogens (tertiary/aromatic N) is 1. The van der Waals surface area contributed by atoms with Crippen molar-refractivity contribution in [1.82, 2.24) is 4.90 Å². The topological polar surface area (TPSA) is 29.5 Å². The Morgan fingerprint density at radius 1 is 1.08 bits per heavy atom. The van der Waals surface area contributed by atoms with Crippen LogP contribution in [0.25, 0.3) is 0 Å². The van der Waals surface area contributed by atoms with Crippen LogP contribution in [0.4, 0.5) is 26.3 Å². The lowest BCUT2D eigenvalue weighted by molar-refractivity contribution is -0.336. The number of hydrogen-bond donors (Lipinski definition) is 0. The molecule has 1 aliphatic carbocycles. The van der Waals surface area contributed by atoms with E-state index in [1.165, 1.54) is 25.3 Å². The largest absolute Gasteiger partial charge is 0.497 e. The van der Waals surface area contributed by atoms with Gasteiger partial charge in [0, 0.05) is 11.5 Å². The van der Waals surface area contributed by atoms with Crippen molar-refractivity contribution in [2.45, 2.75) is 30.4 Å². The third kappa shape index (κ3) is 2.31. The zero-order valence-electron chi connectivity index (χ0n) is 12.9. The fourth-order valence-corrected chi connectivity index (χ4v) is 3.66. The standard InChI is InChI=1S/C16H13F6NO2/c1-25-12-6-2-9(3-7-12)13(24)23-11-5-4-10(8-11)14(23,15(17,18)19)16(20,21)22/h2-7,10-11H,8H2,1H3/t10-,11-/m1/s1. The van der Waals surface area contributed by atoms with E-state index in [4.69, 9.17) is 4.74 Å². The number of ether oxygens (including phenoxy) is 1. The molecule has 2 aliphatic rings. The van der Waals surface area contributed by atoms with E-state index in [9.17, 15) is 31.1 Å². The maximum atomic E-state index is 13.6. The van der Waals surface area contributed by atoms with Crippen molar-refractivity contribution in [3.05, 3.63) is 42.0 Å². The van der Waals surface area contributed by atoms with Crippen LogP contribution in [0.3, 0.4) is 0 Å². The van der Waals surface area contributed by atoms with Crippen molar-refractivity contribution >= 4 is 5.91 Å². The number of benzene rings is 1. The minimum atomic E-state index is -5.66. The van der Waals surface area contributed by atoms with Gasteiger partial charge in [0.15, 0.2) is 0 Å². The predicted molar refractivity (Wildman–Crippen MR) is 75.0 cm³/mol. The smallest absolute Gasteiger partial charge is 0.421 e. The molecular formula is C16H13F6NO2. The van der Waals surface area contributed by atoms with Crippen LogP contribution in [0.2, 0.25) is 0 Å². The molecule has 0 saturated carbocycles. The first-order chi connectivity index (χ1) is 11.5. The SMILES string of the molecule is COc1ccc(C(=O)N2[C@@H]3C=C[C@H](C3)C2(C(F)(F)F)C(F)(F)F)cc1. The Morgan fingerprint density at radius 2 is 1.64 bits per heavy atom. The number of amides is 1. The molecule has 1 amide bonds. The number of carbonyl (C=O) groups excluding carboxylic acids is 1. The number of fused-ring (bicyclic) bond motifs is 2. The van der Waals surface area contributed by atoms with E-state index in [1.807, 2.05) is 0 Å². The molecule has 1 fully saturated rings. The van der Waals surface area contributed by atoms with E-state index in [-0.39, 0.29) is 10.5 Å². The summed E-state index contributed by atoms with van der Waals surface area (Å²) in [5.41, 5.74) is -4.48. The van der Waals surface area contributed by atoms with Crippen LogP contribution in [0.15, 0.2) is 36.4 Å². The number of methoxy groups -OCH3 is 1. The lowest BCUT2D eigenvalue weighted by Crippen LogP contribution is -2.70. The molecular weight excluding hydrogens is 352 g/mol. The lowest BCUT2D eigenvalue weighted by Gasteiger charge is -2.46. The highest BCUT2D eigenvalue weighted by atomic mass is 19.4. The average Bonchev–Trinajstić information content (AvgIpc) is 3.12. The number of likely N-dealkylation sites (tertiary alicyclic amines) is 1. The number of rotatable bonds is 2. The molecule has 1 aromatic rings.